The molecule has 6 nitrogen and oxygen atoms in total. The Labute approximate surface area is 195 Å². The van der Waals surface area contributed by atoms with Gasteiger partial charge in [0, 0.05) is 11.5 Å². The Morgan fingerprint density at radius 1 is 1.15 bits per heavy atom. The van der Waals surface area contributed by atoms with E-state index in [0.717, 1.165) is 61.7 Å². The van der Waals surface area contributed by atoms with Crippen LogP contribution in [0.1, 0.15) is 28.9 Å². The van der Waals surface area contributed by atoms with Crippen LogP contribution >= 0.6 is 11.5 Å². The molecule has 0 saturated carbocycles. The highest BCUT2D eigenvalue weighted by molar-refractivity contribution is 7.08. The first-order valence-electron chi connectivity index (χ1n) is 10.4. The van der Waals surface area contributed by atoms with Gasteiger partial charge in [0.2, 0.25) is 5.06 Å². The Hall–Kier alpha value is -3.12. The van der Waals surface area contributed by atoms with Crippen LogP contribution in [0.3, 0.4) is 0 Å². The summed E-state index contributed by atoms with van der Waals surface area (Å²) in [5.74, 6) is -2.99. The van der Waals surface area contributed by atoms with E-state index in [-0.39, 0.29) is 5.69 Å². The van der Waals surface area contributed by atoms with E-state index in [0.29, 0.717) is 23.7 Å². The van der Waals surface area contributed by atoms with E-state index in [9.17, 15) is 26.7 Å². The van der Waals surface area contributed by atoms with Crippen LogP contribution in [0.4, 0.5) is 27.6 Å². The molecule has 0 aliphatic carbocycles. The quantitative estimate of drug-likeness (QED) is 0.461. The van der Waals surface area contributed by atoms with Gasteiger partial charge in [-0.2, -0.15) is 17.5 Å². The second-order valence-corrected chi connectivity index (χ2v) is 8.44. The predicted molar refractivity (Wildman–Crippen MR) is 116 cm³/mol. The predicted octanol–water partition coefficient (Wildman–Crippen LogP) is 5.13. The Morgan fingerprint density at radius 2 is 1.85 bits per heavy atom. The van der Waals surface area contributed by atoms with Crippen LogP contribution in [0.2, 0.25) is 0 Å². The maximum atomic E-state index is 14.3. The zero-order valence-electron chi connectivity index (χ0n) is 17.6. The number of aromatic nitrogens is 2. The number of pyridine rings is 1. The first-order valence-corrected chi connectivity index (χ1v) is 11.1. The summed E-state index contributed by atoms with van der Waals surface area (Å²) in [5, 5.41) is 6.10. The average Bonchev–Trinajstić information content (AvgIpc) is 3.24. The maximum absolute atomic E-state index is 14.3. The van der Waals surface area contributed by atoms with Crippen molar-refractivity contribution in [2.75, 3.05) is 25.0 Å². The summed E-state index contributed by atoms with van der Waals surface area (Å²) in [6.07, 6.45) is -1.70. The van der Waals surface area contributed by atoms with Crippen molar-refractivity contribution in [3.05, 3.63) is 59.4 Å². The van der Waals surface area contributed by atoms with Crippen molar-refractivity contribution in [3.8, 4) is 16.3 Å². The number of ether oxygens (including phenoxy) is 1. The second-order valence-electron chi connectivity index (χ2n) is 7.67. The summed E-state index contributed by atoms with van der Waals surface area (Å²) in [6.45, 7) is 2.22. The van der Waals surface area contributed by atoms with Crippen molar-refractivity contribution in [2.24, 2.45) is 5.92 Å². The number of hydrogen-bond acceptors (Lipinski definition) is 6. The highest BCUT2D eigenvalue weighted by Gasteiger charge is 2.36. The fourth-order valence-electron chi connectivity index (χ4n) is 3.57. The number of carbonyl (C=O) groups excluding carboxylic acids is 1. The molecule has 12 heteroatoms. The van der Waals surface area contributed by atoms with Gasteiger partial charge in [0.05, 0.1) is 29.6 Å². The van der Waals surface area contributed by atoms with E-state index >= 15 is 0 Å². The minimum Gasteiger partial charge on any atom is -0.481 e. The molecule has 0 radical (unpaired) electrons. The molecule has 0 unspecified atom stereocenters. The van der Waals surface area contributed by atoms with Gasteiger partial charge in [-0.05, 0) is 56.1 Å². The molecule has 2 aromatic heterocycles. The summed E-state index contributed by atoms with van der Waals surface area (Å²) in [4.78, 5) is 16.4. The number of nitrogens with zero attached hydrogens (tertiary/aromatic N) is 2. The van der Waals surface area contributed by atoms with E-state index in [1.54, 1.807) is 0 Å². The third-order valence-corrected chi connectivity index (χ3v) is 6.04. The van der Waals surface area contributed by atoms with Gasteiger partial charge in [-0.3, -0.25) is 4.79 Å². The number of alkyl halides is 3. The number of nitrogens with one attached hydrogen (secondary N) is 2. The van der Waals surface area contributed by atoms with Crippen molar-refractivity contribution >= 4 is 23.1 Å². The lowest BCUT2D eigenvalue weighted by atomic mass is 9.99. The van der Waals surface area contributed by atoms with Gasteiger partial charge in [0.1, 0.15) is 23.0 Å². The lowest BCUT2D eigenvalue weighted by Gasteiger charge is -2.22. The van der Waals surface area contributed by atoms with Gasteiger partial charge in [0.15, 0.2) is 0 Å². The number of hydrogen-bond donors (Lipinski definition) is 2. The molecule has 34 heavy (non-hydrogen) atoms. The highest BCUT2D eigenvalue weighted by atomic mass is 32.1. The largest absolute Gasteiger partial charge is 0.481 e. The molecular formula is C22H19F5N4O2S. The van der Waals surface area contributed by atoms with E-state index in [1.165, 1.54) is 6.20 Å². The lowest BCUT2D eigenvalue weighted by molar-refractivity contribution is -0.137. The monoisotopic (exact) mass is 498 g/mol. The number of anilines is 1. The molecule has 180 valence electrons. The molecule has 1 saturated heterocycles. The Balaban J connectivity index is 1.58. The summed E-state index contributed by atoms with van der Waals surface area (Å²) >= 11 is 1.01. The molecule has 1 aliphatic rings. The molecule has 4 rings (SSSR count). The van der Waals surface area contributed by atoms with Crippen molar-refractivity contribution in [2.45, 2.75) is 19.0 Å². The van der Waals surface area contributed by atoms with Crippen LogP contribution in [0.15, 0.2) is 36.5 Å². The number of rotatable bonds is 6. The Bertz CT molecular complexity index is 1160. The van der Waals surface area contributed by atoms with Crippen molar-refractivity contribution in [3.63, 3.8) is 0 Å². The second kappa shape index (κ2) is 10.0. The fourth-order valence-corrected chi connectivity index (χ4v) is 4.15. The first kappa shape index (κ1) is 24.0. The average molecular weight is 498 g/mol. The first-order chi connectivity index (χ1) is 16.2. The SMILES string of the molecule is O=C(Nc1cnsc1OCC1CCNCC1)c1ccc(C(F)(F)F)c(-c2c(F)cccc2F)n1. The number of amides is 1. The fraction of sp³-hybridized carbons (Fsp3) is 0.318. The summed E-state index contributed by atoms with van der Waals surface area (Å²) in [5.41, 5.74) is -3.57. The molecule has 3 heterocycles. The normalized spacial score (nSPS) is 14.7. The van der Waals surface area contributed by atoms with Crippen molar-refractivity contribution in [1.82, 2.24) is 14.7 Å². The van der Waals surface area contributed by atoms with Crippen molar-refractivity contribution in [1.29, 1.82) is 0 Å². The van der Waals surface area contributed by atoms with E-state index in [4.69, 9.17) is 4.74 Å². The summed E-state index contributed by atoms with van der Waals surface area (Å²) in [7, 11) is 0. The molecule has 1 fully saturated rings. The van der Waals surface area contributed by atoms with Gasteiger partial charge in [0.25, 0.3) is 5.91 Å². The molecular weight excluding hydrogens is 479 g/mol. The number of halogens is 5. The number of piperidine rings is 1. The van der Waals surface area contributed by atoms with Gasteiger partial charge < -0.3 is 15.4 Å². The standard InChI is InChI=1S/C22H19F5N4O2S/c23-14-2-1-3-15(24)18(14)19-13(22(25,26)27)4-5-16(30-19)20(32)31-17-10-29-34-21(17)33-11-12-6-8-28-9-7-12/h1-5,10,12,28H,6-9,11H2,(H,31,32). The molecule has 0 bridgehead atoms. The summed E-state index contributed by atoms with van der Waals surface area (Å²) < 4.78 is 78.8. The Kier molecular flexibility index (Phi) is 7.08. The van der Waals surface area contributed by atoms with Crippen LogP contribution in [-0.4, -0.2) is 35.0 Å². The van der Waals surface area contributed by atoms with Crippen LogP contribution in [0.25, 0.3) is 11.3 Å². The molecule has 1 aliphatic heterocycles. The molecule has 2 N–H and O–H groups in total. The maximum Gasteiger partial charge on any atom is 0.418 e. The highest BCUT2D eigenvalue weighted by Crippen LogP contribution is 2.38. The third-order valence-electron chi connectivity index (χ3n) is 5.33. The molecule has 0 spiro atoms. The molecule has 1 amide bonds. The van der Waals surface area contributed by atoms with Crippen LogP contribution in [-0.2, 0) is 6.18 Å². The van der Waals surface area contributed by atoms with Crippen LogP contribution < -0.4 is 15.4 Å². The minimum atomic E-state index is -4.95. The number of carbonyl (C=O) groups is 1. The zero-order chi connectivity index (χ0) is 24.3. The zero-order valence-corrected chi connectivity index (χ0v) is 18.4. The van der Waals surface area contributed by atoms with Gasteiger partial charge in [-0.1, -0.05) is 6.07 Å². The van der Waals surface area contributed by atoms with E-state index in [2.05, 4.69) is 20.0 Å². The minimum absolute atomic E-state index is 0.226. The Morgan fingerprint density at radius 3 is 2.53 bits per heavy atom. The van der Waals surface area contributed by atoms with Crippen molar-refractivity contribution < 1.29 is 31.5 Å². The van der Waals surface area contributed by atoms with E-state index in [1.807, 2.05) is 0 Å². The molecule has 3 aromatic rings. The topological polar surface area (TPSA) is 76.1 Å². The lowest BCUT2D eigenvalue weighted by Crippen LogP contribution is -2.30. The molecule has 1 aromatic carbocycles. The van der Waals surface area contributed by atoms with E-state index < -0.39 is 46.2 Å². The van der Waals surface area contributed by atoms with Gasteiger partial charge in [-0.15, -0.1) is 0 Å². The smallest absolute Gasteiger partial charge is 0.418 e. The van der Waals surface area contributed by atoms with Gasteiger partial charge in [-0.25, -0.2) is 13.8 Å². The van der Waals surface area contributed by atoms with Gasteiger partial charge >= 0.3 is 6.18 Å². The summed E-state index contributed by atoms with van der Waals surface area (Å²) in [6, 6.07) is 4.07. The number of benzene rings is 1. The molecule has 0 atom stereocenters. The van der Waals surface area contributed by atoms with Crippen LogP contribution in [0, 0.1) is 17.6 Å². The third kappa shape index (κ3) is 5.33. The van der Waals surface area contributed by atoms with Crippen LogP contribution in [0.5, 0.6) is 5.06 Å².